The Morgan fingerprint density at radius 3 is 2.85 bits per heavy atom. The molecule has 0 radical (unpaired) electrons. The summed E-state index contributed by atoms with van der Waals surface area (Å²) >= 11 is 5.08. The second-order valence-electron chi connectivity index (χ2n) is 3.13. The molecule has 1 aromatic heterocycles. The standard InChI is InChI=1S/C9H12BrNOS/c1-7(12)4-11(2)5-8-3-9(10)13-6-8/h3,6H,4-5H2,1-2H3. The lowest BCUT2D eigenvalue weighted by molar-refractivity contribution is -0.117. The van der Waals surface area contributed by atoms with Crippen LogP contribution in [0.4, 0.5) is 0 Å². The van der Waals surface area contributed by atoms with Crippen molar-refractivity contribution >= 4 is 33.0 Å². The minimum absolute atomic E-state index is 0.205. The molecule has 0 spiro atoms. The molecule has 0 atom stereocenters. The van der Waals surface area contributed by atoms with E-state index in [1.54, 1.807) is 18.3 Å². The molecule has 13 heavy (non-hydrogen) atoms. The van der Waals surface area contributed by atoms with Crippen LogP contribution in [0.3, 0.4) is 0 Å². The third-order valence-corrected chi connectivity index (χ3v) is 3.12. The van der Waals surface area contributed by atoms with Crippen LogP contribution in [0.5, 0.6) is 0 Å². The quantitative estimate of drug-likeness (QED) is 0.831. The van der Waals surface area contributed by atoms with Gasteiger partial charge in [0.15, 0.2) is 0 Å². The number of rotatable bonds is 4. The highest BCUT2D eigenvalue weighted by Gasteiger charge is 2.04. The predicted octanol–water partition coefficient (Wildman–Crippen LogP) is 2.53. The number of Topliss-reactive ketones (excluding diaryl/α,β-unsaturated/α-hetero) is 1. The Labute approximate surface area is 90.7 Å². The fourth-order valence-corrected chi connectivity index (χ4v) is 2.38. The molecule has 72 valence electrons. The van der Waals surface area contributed by atoms with E-state index in [0.717, 1.165) is 10.3 Å². The Morgan fingerprint density at radius 2 is 2.38 bits per heavy atom. The second-order valence-corrected chi connectivity index (χ2v) is 5.42. The van der Waals surface area contributed by atoms with E-state index in [0.29, 0.717) is 6.54 Å². The maximum Gasteiger partial charge on any atom is 0.143 e. The molecule has 0 saturated carbocycles. The highest BCUT2D eigenvalue weighted by molar-refractivity contribution is 9.11. The Morgan fingerprint density at radius 1 is 1.69 bits per heavy atom. The third-order valence-electron chi connectivity index (χ3n) is 1.57. The van der Waals surface area contributed by atoms with Gasteiger partial charge in [-0.15, -0.1) is 11.3 Å². The van der Waals surface area contributed by atoms with Gasteiger partial charge < -0.3 is 0 Å². The van der Waals surface area contributed by atoms with Crippen LogP contribution < -0.4 is 0 Å². The van der Waals surface area contributed by atoms with Gasteiger partial charge >= 0.3 is 0 Å². The van der Waals surface area contributed by atoms with Gasteiger partial charge in [-0.05, 0) is 46.9 Å². The fourth-order valence-electron chi connectivity index (χ4n) is 1.18. The minimum Gasteiger partial charge on any atom is -0.299 e. The molecule has 0 aliphatic carbocycles. The minimum atomic E-state index is 0.205. The zero-order valence-corrected chi connectivity index (χ0v) is 10.1. The van der Waals surface area contributed by atoms with Crippen molar-refractivity contribution in [1.82, 2.24) is 4.90 Å². The summed E-state index contributed by atoms with van der Waals surface area (Å²) in [6, 6.07) is 2.08. The smallest absolute Gasteiger partial charge is 0.143 e. The number of carbonyl (C=O) groups excluding carboxylic acids is 1. The molecular formula is C9H12BrNOS. The Balaban J connectivity index is 2.44. The zero-order valence-electron chi connectivity index (χ0n) is 7.71. The second kappa shape index (κ2) is 4.88. The summed E-state index contributed by atoms with van der Waals surface area (Å²) in [4.78, 5) is 12.8. The Bertz CT molecular complexity index is 298. The largest absolute Gasteiger partial charge is 0.299 e. The molecule has 0 unspecified atom stereocenters. The number of nitrogens with zero attached hydrogens (tertiary/aromatic N) is 1. The van der Waals surface area contributed by atoms with E-state index in [9.17, 15) is 4.79 Å². The molecule has 2 nitrogen and oxygen atoms in total. The van der Waals surface area contributed by atoms with Crippen LogP contribution in [-0.2, 0) is 11.3 Å². The highest BCUT2D eigenvalue weighted by Crippen LogP contribution is 2.21. The summed E-state index contributed by atoms with van der Waals surface area (Å²) in [6.07, 6.45) is 0. The molecule has 1 heterocycles. The number of hydrogen-bond acceptors (Lipinski definition) is 3. The van der Waals surface area contributed by atoms with Crippen molar-refractivity contribution in [1.29, 1.82) is 0 Å². The fraction of sp³-hybridized carbons (Fsp3) is 0.444. The van der Waals surface area contributed by atoms with Gasteiger partial charge in [0.2, 0.25) is 0 Å². The van der Waals surface area contributed by atoms with E-state index in [-0.39, 0.29) is 5.78 Å². The van der Waals surface area contributed by atoms with Gasteiger partial charge in [-0.2, -0.15) is 0 Å². The number of ketones is 1. The summed E-state index contributed by atoms with van der Waals surface area (Å²) in [6.45, 7) is 2.97. The number of likely N-dealkylation sites (N-methyl/N-ethyl adjacent to an activating group) is 1. The number of thiophene rings is 1. The van der Waals surface area contributed by atoms with Crippen molar-refractivity contribution in [3.8, 4) is 0 Å². The molecule has 0 bridgehead atoms. The first-order valence-electron chi connectivity index (χ1n) is 3.99. The molecule has 0 amide bonds. The van der Waals surface area contributed by atoms with Crippen LogP contribution in [0.25, 0.3) is 0 Å². The maximum atomic E-state index is 10.8. The van der Waals surface area contributed by atoms with E-state index in [1.165, 1.54) is 5.56 Å². The van der Waals surface area contributed by atoms with Crippen LogP contribution in [-0.4, -0.2) is 24.3 Å². The lowest BCUT2D eigenvalue weighted by atomic mass is 10.3. The number of hydrogen-bond donors (Lipinski definition) is 0. The lowest BCUT2D eigenvalue weighted by Gasteiger charge is -2.12. The Kier molecular flexibility index (Phi) is 4.09. The first-order valence-corrected chi connectivity index (χ1v) is 5.66. The van der Waals surface area contributed by atoms with Crippen molar-refractivity contribution in [2.24, 2.45) is 0 Å². The number of halogens is 1. The zero-order chi connectivity index (χ0) is 9.84. The normalized spacial score (nSPS) is 10.8. The Hall–Kier alpha value is -0.190. The van der Waals surface area contributed by atoms with E-state index >= 15 is 0 Å². The van der Waals surface area contributed by atoms with Gasteiger partial charge in [-0.1, -0.05) is 0 Å². The van der Waals surface area contributed by atoms with Crippen molar-refractivity contribution < 1.29 is 4.79 Å². The van der Waals surface area contributed by atoms with Crippen molar-refractivity contribution in [3.05, 3.63) is 20.8 Å². The first-order chi connectivity index (χ1) is 6.08. The molecule has 0 saturated heterocycles. The molecule has 4 heteroatoms. The SMILES string of the molecule is CC(=O)CN(C)Cc1csc(Br)c1. The third kappa shape index (κ3) is 4.02. The topological polar surface area (TPSA) is 20.3 Å². The molecule has 1 rings (SSSR count). The average Bonchev–Trinajstić information content (AvgIpc) is 2.33. The maximum absolute atomic E-state index is 10.8. The van der Waals surface area contributed by atoms with Gasteiger partial charge in [0.1, 0.15) is 5.78 Å². The van der Waals surface area contributed by atoms with Crippen LogP contribution in [0, 0.1) is 0 Å². The van der Waals surface area contributed by atoms with E-state index < -0.39 is 0 Å². The molecule has 0 aliphatic heterocycles. The van der Waals surface area contributed by atoms with Crippen molar-refractivity contribution in [2.75, 3.05) is 13.6 Å². The van der Waals surface area contributed by atoms with E-state index in [1.807, 2.05) is 11.9 Å². The van der Waals surface area contributed by atoms with Crippen LogP contribution >= 0.6 is 27.3 Å². The average molecular weight is 262 g/mol. The van der Waals surface area contributed by atoms with Gasteiger partial charge in [-0.3, -0.25) is 9.69 Å². The van der Waals surface area contributed by atoms with Crippen LogP contribution in [0.15, 0.2) is 15.2 Å². The monoisotopic (exact) mass is 261 g/mol. The van der Waals surface area contributed by atoms with Crippen molar-refractivity contribution in [3.63, 3.8) is 0 Å². The molecule has 0 aliphatic rings. The molecule has 0 fully saturated rings. The van der Waals surface area contributed by atoms with Gasteiger partial charge in [-0.25, -0.2) is 0 Å². The van der Waals surface area contributed by atoms with Gasteiger partial charge in [0, 0.05) is 6.54 Å². The summed E-state index contributed by atoms with van der Waals surface area (Å²) in [7, 11) is 1.95. The summed E-state index contributed by atoms with van der Waals surface area (Å²) in [5.41, 5.74) is 1.25. The molecular weight excluding hydrogens is 250 g/mol. The summed E-state index contributed by atoms with van der Waals surface area (Å²) in [5.74, 6) is 0.205. The van der Waals surface area contributed by atoms with E-state index in [2.05, 4.69) is 27.4 Å². The van der Waals surface area contributed by atoms with Crippen LogP contribution in [0.2, 0.25) is 0 Å². The molecule has 0 N–H and O–H groups in total. The number of carbonyl (C=O) groups is 1. The van der Waals surface area contributed by atoms with Crippen LogP contribution in [0.1, 0.15) is 12.5 Å². The lowest BCUT2D eigenvalue weighted by Crippen LogP contribution is -2.23. The van der Waals surface area contributed by atoms with Gasteiger partial charge in [0.25, 0.3) is 0 Å². The molecule has 1 aromatic rings. The molecule has 0 aromatic carbocycles. The highest BCUT2D eigenvalue weighted by atomic mass is 79.9. The predicted molar refractivity (Wildman–Crippen MR) is 59.0 cm³/mol. The van der Waals surface area contributed by atoms with Crippen molar-refractivity contribution in [2.45, 2.75) is 13.5 Å². The van der Waals surface area contributed by atoms with E-state index in [4.69, 9.17) is 0 Å². The van der Waals surface area contributed by atoms with Gasteiger partial charge in [0.05, 0.1) is 10.3 Å². The summed E-state index contributed by atoms with van der Waals surface area (Å²) < 4.78 is 1.14. The summed E-state index contributed by atoms with van der Waals surface area (Å²) in [5, 5.41) is 2.10. The first kappa shape index (κ1) is 10.9.